The summed E-state index contributed by atoms with van der Waals surface area (Å²) >= 11 is 0. The largest absolute Gasteiger partial charge is 0.360 e. The summed E-state index contributed by atoms with van der Waals surface area (Å²) in [5, 5.41) is 8.96. The molecule has 0 saturated heterocycles. The molecule has 0 radical (unpaired) electrons. The highest BCUT2D eigenvalue weighted by Gasteiger charge is 2.12. The molecule has 1 N–H and O–H groups in total. The van der Waals surface area contributed by atoms with E-state index in [1.54, 1.807) is 6.20 Å². The van der Waals surface area contributed by atoms with E-state index in [-0.39, 0.29) is 5.92 Å². The minimum atomic E-state index is -0.227. The van der Waals surface area contributed by atoms with Crippen LogP contribution in [0.25, 0.3) is 11.4 Å². The number of hydrogen-bond acceptors (Lipinski definition) is 3. The fourth-order valence-corrected chi connectivity index (χ4v) is 1.51. The molecule has 2 rings (SSSR count). The molecular weight excluding hydrogens is 200 g/mol. The van der Waals surface area contributed by atoms with Crippen LogP contribution in [0.2, 0.25) is 0 Å². The van der Waals surface area contributed by atoms with Gasteiger partial charge in [0.05, 0.1) is 17.5 Å². The zero-order valence-electron chi connectivity index (χ0n) is 9.01. The molecule has 2 aromatic rings. The van der Waals surface area contributed by atoms with E-state index in [2.05, 4.69) is 21.0 Å². The highest BCUT2D eigenvalue weighted by Crippen LogP contribution is 2.18. The number of nitriles is 1. The SMILES string of the molecule is CCC(C#N)c1nccc(-c2ccc[nH]2)n1. The van der Waals surface area contributed by atoms with Crippen molar-refractivity contribution in [1.82, 2.24) is 15.0 Å². The number of nitrogens with one attached hydrogen (secondary N) is 1. The van der Waals surface area contributed by atoms with Crippen molar-refractivity contribution in [2.45, 2.75) is 19.3 Å². The standard InChI is InChI=1S/C12H12N4/c1-2-9(8-13)12-15-7-5-11(16-12)10-4-3-6-14-10/h3-7,9,14H,2H2,1H3. The molecule has 16 heavy (non-hydrogen) atoms. The van der Waals surface area contributed by atoms with Crippen LogP contribution in [0.4, 0.5) is 0 Å². The topological polar surface area (TPSA) is 65.4 Å². The van der Waals surface area contributed by atoms with Crippen molar-refractivity contribution in [3.63, 3.8) is 0 Å². The van der Waals surface area contributed by atoms with Gasteiger partial charge in [0.1, 0.15) is 11.7 Å². The first kappa shape index (κ1) is 10.4. The summed E-state index contributed by atoms with van der Waals surface area (Å²) in [7, 11) is 0. The molecule has 1 unspecified atom stereocenters. The number of rotatable bonds is 3. The van der Waals surface area contributed by atoms with E-state index in [4.69, 9.17) is 5.26 Å². The second-order valence-corrected chi connectivity index (χ2v) is 3.47. The number of hydrogen-bond donors (Lipinski definition) is 1. The Balaban J connectivity index is 2.38. The minimum Gasteiger partial charge on any atom is -0.360 e. The van der Waals surface area contributed by atoms with E-state index in [0.717, 1.165) is 17.8 Å². The maximum atomic E-state index is 8.96. The van der Waals surface area contributed by atoms with Gasteiger partial charge < -0.3 is 4.98 Å². The summed E-state index contributed by atoms with van der Waals surface area (Å²) in [6.45, 7) is 1.96. The first-order valence-corrected chi connectivity index (χ1v) is 5.21. The lowest BCUT2D eigenvalue weighted by atomic mass is 10.1. The highest BCUT2D eigenvalue weighted by molar-refractivity contribution is 5.53. The van der Waals surface area contributed by atoms with E-state index in [1.807, 2.05) is 31.3 Å². The van der Waals surface area contributed by atoms with Gasteiger partial charge in [-0.25, -0.2) is 9.97 Å². The van der Waals surface area contributed by atoms with E-state index < -0.39 is 0 Å². The number of H-pyrrole nitrogens is 1. The summed E-state index contributed by atoms with van der Waals surface area (Å²) in [4.78, 5) is 11.6. The van der Waals surface area contributed by atoms with Crippen molar-refractivity contribution >= 4 is 0 Å². The summed E-state index contributed by atoms with van der Waals surface area (Å²) in [5.41, 5.74) is 1.76. The fourth-order valence-electron chi connectivity index (χ4n) is 1.51. The van der Waals surface area contributed by atoms with Crippen LogP contribution in [0.3, 0.4) is 0 Å². The lowest BCUT2D eigenvalue weighted by Crippen LogP contribution is -2.01. The van der Waals surface area contributed by atoms with Gasteiger partial charge in [-0.05, 0) is 24.6 Å². The average molecular weight is 212 g/mol. The van der Waals surface area contributed by atoms with Crippen molar-refractivity contribution in [2.75, 3.05) is 0 Å². The molecule has 1 atom stereocenters. The lowest BCUT2D eigenvalue weighted by molar-refractivity contribution is 0.751. The first-order valence-electron chi connectivity index (χ1n) is 5.21. The molecule has 4 heteroatoms. The van der Waals surface area contributed by atoms with Crippen LogP contribution >= 0.6 is 0 Å². The molecule has 0 saturated carbocycles. The van der Waals surface area contributed by atoms with Crippen LogP contribution < -0.4 is 0 Å². The van der Waals surface area contributed by atoms with Gasteiger partial charge in [0.25, 0.3) is 0 Å². The maximum absolute atomic E-state index is 8.96. The summed E-state index contributed by atoms with van der Waals surface area (Å²) in [6.07, 6.45) is 4.27. The third-order valence-corrected chi connectivity index (χ3v) is 2.42. The molecule has 0 aliphatic rings. The van der Waals surface area contributed by atoms with Gasteiger partial charge >= 0.3 is 0 Å². The van der Waals surface area contributed by atoms with E-state index >= 15 is 0 Å². The minimum absolute atomic E-state index is 0.227. The normalized spacial score (nSPS) is 12.0. The molecule has 4 nitrogen and oxygen atoms in total. The Bertz CT molecular complexity index is 496. The van der Waals surface area contributed by atoms with Gasteiger partial charge in [-0.2, -0.15) is 5.26 Å². The lowest BCUT2D eigenvalue weighted by Gasteiger charge is -2.05. The van der Waals surface area contributed by atoms with Crippen molar-refractivity contribution in [3.05, 3.63) is 36.4 Å². The van der Waals surface area contributed by atoms with E-state index in [9.17, 15) is 0 Å². The van der Waals surface area contributed by atoms with E-state index in [0.29, 0.717) is 5.82 Å². The Morgan fingerprint density at radius 3 is 3.00 bits per heavy atom. The number of aromatic nitrogens is 3. The second kappa shape index (κ2) is 4.58. The van der Waals surface area contributed by atoms with Crippen LogP contribution in [0.15, 0.2) is 30.6 Å². The predicted molar refractivity (Wildman–Crippen MR) is 60.5 cm³/mol. The molecule has 0 aliphatic carbocycles. The van der Waals surface area contributed by atoms with Gasteiger partial charge in [0.15, 0.2) is 0 Å². The molecule has 0 amide bonds. The smallest absolute Gasteiger partial charge is 0.146 e. The first-order chi connectivity index (χ1) is 7.85. The van der Waals surface area contributed by atoms with Crippen molar-refractivity contribution in [2.24, 2.45) is 0 Å². The average Bonchev–Trinajstić information content (AvgIpc) is 2.85. The Labute approximate surface area is 94.0 Å². The highest BCUT2D eigenvalue weighted by atomic mass is 14.9. The summed E-state index contributed by atoms with van der Waals surface area (Å²) < 4.78 is 0. The Morgan fingerprint density at radius 1 is 1.50 bits per heavy atom. The van der Waals surface area contributed by atoms with Crippen LogP contribution in [0, 0.1) is 11.3 Å². The molecule has 80 valence electrons. The molecule has 2 heterocycles. The monoisotopic (exact) mass is 212 g/mol. The van der Waals surface area contributed by atoms with Crippen molar-refractivity contribution in [1.29, 1.82) is 5.26 Å². The van der Waals surface area contributed by atoms with Gasteiger partial charge in [0, 0.05) is 12.4 Å². The Kier molecular flexibility index (Phi) is 2.97. The van der Waals surface area contributed by atoms with Crippen LogP contribution in [0.1, 0.15) is 25.1 Å². The molecule has 2 aromatic heterocycles. The second-order valence-electron chi connectivity index (χ2n) is 3.47. The quantitative estimate of drug-likeness (QED) is 0.850. The molecule has 0 spiro atoms. The van der Waals surface area contributed by atoms with Crippen molar-refractivity contribution < 1.29 is 0 Å². The molecular formula is C12H12N4. The maximum Gasteiger partial charge on any atom is 0.146 e. The van der Waals surface area contributed by atoms with Crippen LogP contribution in [0.5, 0.6) is 0 Å². The third kappa shape index (κ3) is 1.94. The Hall–Kier alpha value is -2.15. The van der Waals surface area contributed by atoms with Gasteiger partial charge in [0.2, 0.25) is 0 Å². The van der Waals surface area contributed by atoms with Gasteiger partial charge in [-0.3, -0.25) is 0 Å². The van der Waals surface area contributed by atoms with E-state index in [1.165, 1.54) is 0 Å². The zero-order chi connectivity index (χ0) is 11.4. The molecule has 0 bridgehead atoms. The summed E-state index contributed by atoms with van der Waals surface area (Å²) in [6, 6.07) is 7.90. The molecule has 0 aromatic carbocycles. The van der Waals surface area contributed by atoms with Crippen LogP contribution in [-0.2, 0) is 0 Å². The number of aromatic amines is 1. The third-order valence-electron chi connectivity index (χ3n) is 2.42. The zero-order valence-corrected chi connectivity index (χ0v) is 9.01. The van der Waals surface area contributed by atoms with Crippen LogP contribution in [-0.4, -0.2) is 15.0 Å². The predicted octanol–water partition coefficient (Wildman–Crippen LogP) is 2.49. The fraction of sp³-hybridized carbons (Fsp3) is 0.250. The Morgan fingerprint density at radius 2 is 2.38 bits per heavy atom. The van der Waals surface area contributed by atoms with Gasteiger partial charge in [-0.15, -0.1) is 0 Å². The van der Waals surface area contributed by atoms with Gasteiger partial charge in [-0.1, -0.05) is 6.92 Å². The summed E-state index contributed by atoms with van der Waals surface area (Å²) in [5.74, 6) is 0.368. The number of nitrogens with zero attached hydrogens (tertiary/aromatic N) is 3. The molecule has 0 aliphatic heterocycles. The van der Waals surface area contributed by atoms with Crippen molar-refractivity contribution in [3.8, 4) is 17.5 Å². The molecule has 0 fully saturated rings.